The number of carbonyl (C=O) groups is 2. The van der Waals surface area contributed by atoms with Crippen LogP contribution in [-0.4, -0.2) is 32.3 Å². The standard InChI is InChI=1S/C24H22N4O4S/c1-15-20(23(30)28(27(15)3)18-12-8-5-9-13-18)26-21(29)16(2)32-24(31)22-25-19(14-33-22)17-10-6-4-7-11-17/h4-14,16H,1-3H3,(H,26,29). The fourth-order valence-electron chi connectivity index (χ4n) is 3.31. The summed E-state index contributed by atoms with van der Waals surface area (Å²) in [5.41, 5.74) is 2.54. The van der Waals surface area contributed by atoms with Crippen molar-refractivity contribution in [1.82, 2.24) is 14.3 Å². The maximum atomic E-state index is 13.0. The molecule has 0 fully saturated rings. The average molecular weight is 463 g/mol. The van der Waals surface area contributed by atoms with E-state index < -0.39 is 18.0 Å². The monoisotopic (exact) mass is 462 g/mol. The number of nitrogens with one attached hydrogen (secondary N) is 1. The first-order valence-corrected chi connectivity index (χ1v) is 11.1. The number of aromatic nitrogens is 3. The molecule has 33 heavy (non-hydrogen) atoms. The molecule has 2 aromatic heterocycles. The maximum Gasteiger partial charge on any atom is 0.368 e. The van der Waals surface area contributed by atoms with Gasteiger partial charge in [-0.05, 0) is 26.0 Å². The molecule has 0 aliphatic heterocycles. The number of carbonyl (C=O) groups excluding carboxylic acids is 2. The molecule has 0 aliphatic carbocycles. The summed E-state index contributed by atoms with van der Waals surface area (Å²) in [6.07, 6.45) is -1.12. The van der Waals surface area contributed by atoms with Crippen molar-refractivity contribution in [2.75, 3.05) is 5.32 Å². The van der Waals surface area contributed by atoms with Crippen LogP contribution in [0.25, 0.3) is 16.9 Å². The van der Waals surface area contributed by atoms with Crippen LogP contribution in [0.1, 0.15) is 22.4 Å². The van der Waals surface area contributed by atoms with Crippen LogP contribution in [0, 0.1) is 6.92 Å². The summed E-state index contributed by atoms with van der Waals surface area (Å²) >= 11 is 1.14. The number of rotatable bonds is 6. The summed E-state index contributed by atoms with van der Waals surface area (Å²) < 4.78 is 8.42. The minimum absolute atomic E-state index is 0.134. The maximum absolute atomic E-state index is 13.0. The number of esters is 1. The Morgan fingerprint density at radius 1 is 1.06 bits per heavy atom. The fraction of sp³-hybridized carbons (Fsp3) is 0.167. The van der Waals surface area contributed by atoms with Gasteiger partial charge in [0.2, 0.25) is 5.01 Å². The summed E-state index contributed by atoms with van der Waals surface area (Å²) in [4.78, 5) is 42.5. The quantitative estimate of drug-likeness (QED) is 0.440. The molecule has 9 heteroatoms. The largest absolute Gasteiger partial charge is 0.447 e. The fourth-order valence-corrected chi connectivity index (χ4v) is 4.02. The van der Waals surface area contributed by atoms with Gasteiger partial charge in [0.15, 0.2) is 6.10 Å². The number of nitrogens with zero attached hydrogens (tertiary/aromatic N) is 3. The van der Waals surface area contributed by atoms with Gasteiger partial charge in [-0.25, -0.2) is 14.5 Å². The molecular weight excluding hydrogens is 440 g/mol. The minimum atomic E-state index is -1.12. The lowest BCUT2D eigenvalue weighted by molar-refractivity contribution is -0.123. The van der Waals surface area contributed by atoms with E-state index in [0.29, 0.717) is 17.1 Å². The van der Waals surface area contributed by atoms with Crippen molar-refractivity contribution < 1.29 is 14.3 Å². The van der Waals surface area contributed by atoms with Crippen molar-refractivity contribution in [3.05, 3.63) is 87.1 Å². The van der Waals surface area contributed by atoms with Gasteiger partial charge in [0.05, 0.1) is 17.1 Å². The van der Waals surface area contributed by atoms with Gasteiger partial charge in [-0.3, -0.25) is 14.3 Å². The Labute approximate surface area is 194 Å². The molecule has 0 radical (unpaired) electrons. The predicted molar refractivity (Wildman–Crippen MR) is 127 cm³/mol. The van der Waals surface area contributed by atoms with E-state index in [-0.39, 0.29) is 16.3 Å². The van der Waals surface area contributed by atoms with E-state index in [9.17, 15) is 14.4 Å². The van der Waals surface area contributed by atoms with Crippen molar-refractivity contribution in [1.29, 1.82) is 0 Å². The zero-order valence-corrected chi connectivity index (χ0v) is 19.1. The number of hydrogen-bond acceptors (Lipinski definition) is 6. The van der Waals surface area contributed by atoms with E-state index in [1.54, 1.807) is 36.2 Å². The van der Waals surface area contributed by atoms with Gasteiger partial charge < -0.3 is 10.1 Å². The number of para-hydroxylation sites is 1. The molecule has 0 saturated carbocycles. The van der Waals surface area contributed by atoms with Crippen LogP contribution in [0.4, 0.5) is 5.69 Å². The Hall–Kier alpha value is -3.98. The molecule has 2 aromatic carbocycles. The van der Waals surface area contributed by atoms with Gasteiger partial charge in [0.25, 0.3) is 11.5 Å². The van der Waals surface area contributed by atoms with Gasteiger partial charge in [0, 0.05) is 18.0 Å². The highest BCUT2D eigenvalue weighted by atomic mass is 32.1. The van der Waals surface area contributed by atoms with Crippen molar-refractivity contribution in [2.24, 2.45) is 7.05 Å². The minimum Gasteiger partial charge on any atom is -0.447 e. The van der Waals surface area contributed by atoms with Crippen LogP contribution >= 0.6 is 11.3 Å². The molecule has 0 spiro atoms. The van der Waals surface area contributed by atoms with Crippen LogP contribution in [0.5, 0.6) is 0 Å². The third kappa shape index (κ3) is 4.49. The summed E-state index contributed by atoms with van der Waals surface area (Å²) in [6.45, 7) is 3.18. The zero-order chi connectivity index (χ0) is 23.5. The molecule has 2 heterocycles. The molecular formula is C24H22N4O4S. The first kappa shape index (κ1) is 22.2. The Balaban J connectivity index is 1.47. The number of benzene rings is 2. The van der Waals surface area contributed by atoms with Gasteiger partial charge in [0.1, 0.15) is 5.69 Å². The molecule has 4 rings (SSSR count). The summed E-state index contributed by atoms with van der Waals surface area (Å²) in [7, 11) is 1.73. The molecule has 1 unspecified atom stereocenters. The van der Waals surface area contributed by atoms with Crippen LogP contribution < -0.4 is 10.9 Å². The molecule has 0 aliphatic rings. The Morgan fingerprint density at radius 3 is 2.36 bits per heavy atom. The lowest BCUT2D eigenvalue weighted by atomic mass is 10.2. The summed E-state index contributed by atoms with van der Waals surface area (Å²) in [5.74, 6) is -1.30. The molecule has 8 nitrogen and oxygen atoms in total. The van der Waals surface area contributed by atoms with E-state index in [4.69, 9.17) is 4.74 Å². The summed E-state index contributed by atoms with van der Waals surface area (Å²) in [5, 5.41) is 4.52. The lowest BCUT2D eigenvalue weighted by Crippen LogP contribution is -2.32. The van der Waals surface area contributed by atoms with Gasteiger partial charge >= 0.3 is 5.97 Å². The van der Waals surface area contributed by atoms with Crippen LogP contribution in [-0.2, 0) is 16.6 Å². The van der Waals surface area contributed by atoms with Crippen molar-refractivity contribution >= 4 is 28.9 Å². The molecule has 168 valence electrons. The second-order valence-corrected chi connectivity index (χ2v) is 8.24. The Kier molecular flexibility index (Phi) is 6.23. The third-order valence-corrected chi connectivity index (χ3v) is 6.03. The topological polar surface area (TPSA) is 95.2 Å². The van der Waals surface area contributed by atoms with E-state index in [1.165, 1.54) is 11.6 Å². The summed E-state index contributed by atoms with van der Waals surface area (Å²) in [6, 6.07) is 18.6. The van der Waals surface area contributed by atoms with Crippen LogP contribution in [0.3, 0.4) is 0 Å². The van der Waals surface area contributed by atoms with E-state index in [0.717, 1.165) is 16.9 Å². The smallest absolute Gasteiger partial charge is 0.368 e. The van der Waals surface area contributed by atoms with Crippen molar-refractivity contribution in [2.45, 2.75) is 20.0 Å². The number of thiazole rings is 1. The second kappa shape index (κ2) is 9.25. The molecule has 4 aromatic rings. The number of amides is 1. The van der Waals surface area contributed by atoms with Crippen LogP contribution in [0.2, 0.25) is 0 Å². The Morgan fingerprint density at radius 2 is 1.70 bits per heavy atom. The van der Waals surface area contributed by atoms with E-state index in [2.05, 4.69) is 10.3 Å². The molecule has 0 bridgehead atoms. The van der Waals surface area contributed by atoms with E-state index in [1.807, 2.05) is 48.5 Å². The highest BCUT2D eigenvalue weighted by Gasteiger charge is 2.24. The van der Waals surface area contributed by atoms with Gasteiger partial charge in [-0.15, -0.1) is 11.3 Å². The Bertz CT molecular complexity index is 1360. The van der Waals surface area contributed by atoms with Crippen LogP contribution in [0.15, 0.2) is 70.8 Å². The second-order valence-electron chi connectivity index (χ2n) is 7.38. The first-order valence-electron chi connectivity index (χ1n) is 10.2. The van der Waals surface area contributed by atoms with Crippen molar-refractivity contribution in [3.63, 3.8) is 0 Å². The number of hydrogen-bond donors (Lipinski definition) is 1. The number of anilines is 1. The molecule has 0 saturated heterocycles. The highest BCUT2D eigenvalue weighted by molar-refractivity contribution is 7.11. The molecule has 1 N–H and O–H groups in total. The van der Waals surface area contributed by atoms with Crippen molar-refractivity contribution in [3.8, 4) is 16.9 Å². The molecule has 1 atom stereocenters. The van der Waals surface area contributed by atoms with Gasteiger partial charge in [-0.2, -0.15) is 0 Å². The average Bonchev–Trinajstić information content (AvgIpc) is 3.40. The third-order valence-electron chi connectivity index (χ3n) is 5.20. The molecule has 1 amide bonds. The highest BCUT2D eigenvalue weighted by Crippen LogP contribution is 2.22. The number of ether oxygens (including phenoxy) is 1. The lowest BCUT2D eigenvalue weighted by Gasteiger charge is -2.12. The predicted octanol–water partition coefficient (Wildman–Crippen LogP) is 3.79. The SMILES string of the molecule is Cc1c(NC(=O)C(C)OC(=O)c2nc(-c3ccccc3)cs2)c(=O)n(-c2ccccc2)n1C. The zero-order valence-electron chi connectivity index (χ0n) is 18.3. The normalized spacial score (nSPS) is 11.7. The first-order chi connectivity index (χ1) is 15.9. The van der Waals surface area contributed by atoms with E-state index >= 15 is 0 Å². The van der Waals surface area contributed by atoms with Gasteiger partial charge in [-0.1, -0.05) is 48.5 Å².